The van der Waals surface area contributed by atoms with E-state index in [1.54, 1.807) is 0 Å². The van der Waals surface area contributed by atoms with Crippen LogP contribution in [-0.2, 0) is 9.59 Å². The van der Waals surface area contributed by atoms with Crippen molar-refractivity contribution in [1.29, 1.82) is 0 Å². The molecule has 0 radical (unpaired) electrons. The van der Waals surface area contributed by atoms with Gasteiger partial charge in [0.1, 0.15) is 0 Å². The van der Waals surface area contributed by atoms with Crippen molar-refractivity contribution >= 4 is 11.8 Å². The molecule has 78 valence electrons. The molecule has 0 unspecified atom stereocenters. The van der Waals surface area contributed by atoms with Gasteiger partial charge in [-0.2, -0.15) is 0 Å². The van der Waals surface area contributed by atoms with Crippen molar-refractivity contribution in [3.63, 3.8) is 0 Å². The van der Waals surface area contributed by atoms with Crippen LogP contribution in [0, 0.1) is 23.7 Å². The number of imide groups is 1. The molecule has 1 saturated heterocycles. The second kappa shape index (κ2) is 2.60. The van der Waals surface area contributed by atoms with Crippen LogP contribution >= 0.6 is 0 Å². The standard InChI is InChI=1S/C12H13NO2/c1-5(2)8-6-3-4-7(8)10-9(6)11(14)13-12(10)15/h3-4,6-7,9-10H,1-2H3,(H,13,14,15)/t6-,7-,9+,10+/m0/s1. The van der Waals surface area contributed by atoms with Crippen LogP contribution < -0.4 is 5.32 Å². The van der Waals surface area contributed by atoms with Crippen LogP contribution in [0.2, 0.25) is 0 Å². The van der Waals surface area contributed by atoms with Crippen LogP contribution in [0.5, 0.6) is 0 Å². The first-order chi connectivity index (χ1) is 7.11. The van der Waals surface area contributed by atoms with Crippen LogP contribution in [0.3, 0.4) is 0 Å². The topological polar surface area (TPSA) is 46.2 Å². The first-order valence-corrected chi connectivity index (χ1v) is 5.31. The molecule has 3 aliphatic rings. The van der Waals surface area contributed by atoms with Gasteiger partial charge in [-0.05, 0) is 13.8 Å². The SMILES string of the molecule is CC(C)=C1[C@@H]2C=C[C@@H]1[C@H]1C(=O)NC(=O)[C@@H]12. The molecular formula is C12H13NO2. The monoisotopic (exact) mass is 203 g/mol. The normalized spacial score (nSPS) is 41.1. The highest BCUT2D eigenvalue weighted by Crippen LogP contribution is 2.54. The summed E-state index contributed by atoms with van der Waals surface area (Å²) in [5.74, 6) is -0.0658. The van der Waals surface area contributed by atoms with Gasteiger partial charge >= 0.3 is 0 Å². The number of carbonyl (C=O) groups is 2. The predicted molar refractivity (Wildman–Crippen MR) is 54.6 cm³/mol. The molecule has 15 heavy (non-hydrogen) atoms. The fraction of sp³-hybridized carbons (Fsp3) is 0.500. The van der Waals surface area contributed by atoms with Gasteiger partial charge in [-0.25, -0.2) is 0 Å². The number of carbonyl (C=O) groups excluding carboxylic acids is 2. The van der Waals surface area contributed by atoms with Crippen LogP contribution in [0.15, 0.2) is 23.3 Å². The lowest BCUT2D eigenvalue weighted by Gasteiger charge is -2.13. The number of fused-ring (bicyclic) bond motifs is 5. The number of allylic oxidation sites excluding steroid dienone is 4. The molecule has 2 bridgehead atoms. The number of amides is 2. The molecule has 0 aromatic rings. The Balaban J connectivity index is 2.13. The summed E-state index contributed by atoms with van der Waals surface area (Å²) in [6.07, 6.45) is 4.18. The Bertz CT molecular complexity index is 397. The highest BCUT2D eigenvalue weighted by atomic mass is 16.2. The Morgan fingerprint density at radius 1 is 1.07 bits per heavy atom. The molecule has 3 heteroatoms. The van der Waals surface area contributed by atoms with Crippen molar-refractivity contribution in [3.05, 3.63) is 23.3 Å². The van der Waals surface area contributed by atoms with Crippen LogP contribution in [-0.4, -0.2) is 11.8 Å². The van der Waals surface area contributed by atoms with Crippen molar-refractivity contribution in [2.45, 2.75) is 13.8 Å². The third-order valence-corrected chi connectivity index (χ3v) is 3.83. The summed E-state index contributed by atoms with van der Waals surface area (Å²) < 4.78 is 0. The number of hydrogen-bond acceptors (Lipinski definition) is 2. The summed E-state index contributed by atoms with van der Waals surface area (Å²) in [6, 6.07) is 0. The van der Waals surface area contributed by atoms with E-state index >= 15 is 0 Å². The first-order valence-electron chi connectivity index (χ1n) is 5.31. The lowest BCUT2D eigenvalue weighted by molar-refractivity contribution is -0.126. The lowest BCUT2D eigenvalue weighted by Crippen LogP contribution is -2.26. The number of rotatable bonds is 0. The molecule has 0 aromatic heterocycles. The zero-order chi connectivity index (χ0) is 10.7. The molecule has 1 N–H and O–H groups in total. The second-order valence-corrected chi connectivity index (χ2v) is 4.80. The fourth-order valence-electron chi connectivity index (χ4n) is 3.35. The quantitative estimate of drug-likeness (QED) is 0.472. The van der Waals surface area contributed by atoms with Crippen LogP contribution in [0.1, 0.15) is 13.8 Å². The molecule has 0 spiro atoms. The van der Waals surface area contributed by atoms with Crippen molar-refractivity contribution in [3.8, 4) is 0 Å². The van der Waals surface area contributed by atoms with Crippen molar-refractivity contribution in [2.75, 3.05) is 0 Å². The van der Waals surface area contributed by atoms with Gasteiger partial charge in [-0.1, -0.05) is 23.3 Å². The largest absolute Gasteiger partial charge is 0.296 e. The fourth-order valence-corrected chi connectivity index (χ4v) is 3.35. The van der Waals surface area contributed by atoms with Crippen molar-refractivity contribution in [2.24, 2.45) is 23.7 Å². The summed E-state index contributed by atoms with van der Waals surface area (Å²) in [5, 5.41) is 2.44. The van der Waals surface area contributed by atoms with Crippen LogP contribution in [0.25, 0.3) is 0 Å². The molecular weight excluding hydrogens is 190 g/mol. The van der Waals surface area contributed by atoms with E-state index in [1.807, 2.05) is 0 Å². The molecule has 1 saturated carbocycles. The van der Waals surface area contributed by atoms with Gasteiger partial charge < -0.3 is 0 Å². The van der Waals surface area contributed by atoms with E-state index in [9.17, 15) is 9.59 Å². The number of nitrogens with one attached hydrogen (secondary N) is 1. The van der Waals surface area contributed by atoms with E-state index in [-0.39, 0.29) is 35.5 Å². The molecule has 2 amide bonds. The van der Waals surface area contributed by atoms with Crippen molar-refractivity contribution < 1.29 is 9.59 Å². The predicted octanol–water partition coefficient (Wildman–Crippen LogP) is 1.03. The molecule has 1 heterocycles. The third kappa shape index (κ3) is 0.907. The average Bonchev–Trinajstić information content (AvgIpc) is 2.77. The van der Waals surface area contributed by atoms with Crippen molar-refractivity contribution in [1.82, 2.24) is 5.32 Å². The zero-order valence-electron chi connectivity index (χ0n) is 8.78. The summed E-state index contributed by atoms with van der Waals surface area (Å²) in [5.41, 5.74) is 2.55. The third-order valence-electron chi connectivity index (χ3n) is 3.83. The Hall–Kier alpha value is -1.38. The smallest absolute Gasteiger partial charge is 0.231 e. The molecule has 2 fully saturated rings. The zero-order valence-corrected chi connectivity index (χ0v) is 8.78. The van der Waals surface area contributed by atoms with E-state index in [2.05, 4.69) is 31.3 Å². The lowest BCUT2D eigenvalue weighted by atomic mass is 9.85. The molecule has 2 aliphatic carbocycles. The van der Waals surface area contributed by atoms with Gasteiger partial charge in [-0.3, -0.25) is 14.9 Å². The summed E-state index contributed by atoms with van der Waals surface area (Å²) in [6.45, 7) is 4.12. The van der Waals surface area contributed by atoms with Crippen LogP contribution in [0.4, 0.5) is 0 Å². The minimum Gasteiger partial charge on any atom is -0.296 e. The summed E-state index contributed by atoms with van der Waals surface area (Å²) >= 11 is 0. The van der Waals surface area contributed by atoms with E-state index in [0.717, 1.165) is 0 Å². The summed E-state index contributed by atoms with van der Waals surface area (Å²) in [4.78, 5) is 23.3. The van der Waals surface area contributed by atoms with Gasteiger partial charge in [0.15, 0.2) is 0 Å². The molecule has 4 atom stereocenters. The maximum Gasteiger partial charge on any atom is 0.231 e. The molecule has 1 aliphatic heterocycles. The van der Waals surface area contributed by atoms with Gasteiger partial charge in [0.2, 0.25) is 11.8 Å². The maximum atomic E-state index is 11.6. The van der Waals surface area contributed by atoms with E-state index in [4.69, 9.17) is 0 Å². The van der Waals surface area contributed by atoms with Gasteiger partial charge in [0.25, 0.3) is 0 Å². The van der Waals surface area contributed by atoms with Gasteiger partial charge in [-0.15, -0.1) is 0 Å². The van der Waals surface area contributed by atoms with E-state index < -0.39 is 0 Å². The minimum atomic E-state index is -0.127. The average molecular weight is 203 g/mol. The maximum absolute atomic E-state index is 11.6. The van der Waals surface area contributed by atoms with Gasteiger partial charge in [0, 0.05) is 11.8 Å². The first kappa shape index (κ1) is 8.89. The summed E-state index contributed by atoms with van der Waals surface area (Å²) in [7, 11) is 0. The molecule has 3 rings (SSSR count). The molecule has 3 nitrogen and oxygen atoms in total. The second-order valence-electron chi connectivity index (χ2n) is 4.80. The number of hydrogen-bond donors (Lipinski definition) is 1. The Morgan fingerprint density at radius 3 is 1.93 bits per heavy atom. The van der Waals surface area contributed by atoms with E-state index in [1.165, 1.54) is 11.1 Å². The highest BCUT2D eigenvalue weighted by Gasteiger charge is 2.58. The Morgan fingerprint density at radius 2 is 1.53 bits per heavy atom. The van der Waals surface area contributed by atoms with Gasteiger partial charge in [0.05, 0.1) is 11.8 Å². The highest BCUT2D eigenvalue weighted by molar-refractivity contribution is 6.07. The Kier molecular flexibility index (Phi) is 1.54. The molecule has 0 aromatic carbocycles. The van der Waals surface area contributed by atoms with E-state index in [0.29, 0.717) is 0 Å². The Labute approximate surface area is 88.2 Å². The minimum absolute atomic E-state index is 0.0828.